The summed E-state index contributed by atoms with van der Waals surface area (Å²) in [5.74, 6) is 0.236. The van der Waals surface area contributed by atoms with E-state index in [2.05, 4.69) is 20.5 Å². The van der Waals surface area contributed by atoms with Crippen LogP contribution in [0.15, 0.2) is 67.1 Å². The Balaban J connectivity index is 1.47. The molecule has 0 atom stereocenters. The summed E-state index contributed by atoms with van der Waals surface area (Å²) in [6, 6.07) is 13.2. The summed E-state index contributed by atoms with van der Waals surface area (Å²) in [5, 5.41) is 23.1. The number of nitro groups is 1. The van der Waals surface area contributed by atoms with Gasteiger partial charge in [-0.25, -0.2) is 9.50 Å². The average Bonchev–Trinajstić information content (AvgIpc) is 3.47. The highest BCUT2D eigenvalue weighted by Crippen LogP contribution is 2.31. The van der Waals surface area contributed by atoms with Gasteiger partial charge < -0.3 is 10.1 Å². The van der Waals surface area contributed by atoms with Crippen LogP contribution in [0.1, 0.15) is 28.5 Å². The largest absolute Gasteiger partial charge is 0.457 e. The highest BCUT2D eigenvalue weighted by Gasteiger charge is 2.20. The fraction of sp³-hybridized carbons (Fsp3) is 0.154. The topological polar surface area (TPSA) is 129 Å². The number of rotatable bonds is 7. The molecule has 0 radical (unpaired) electrons. The lowest BCUT2D eigenvalue weighted by molar-refractivity contribution is -0.384. The number of nitrogens with one attached hydrogen (secondary N) is 1. The molecule has 11 heteroatoms. The van der Waals surface area contributed by atoms with Crippen molar-refractivity contribution in [2.24, 2.45) is 0 Å². The first-order valence-corrected chi connectivity index (χ1v) is 11.5. The van der Waals surface area contributed by atoms with Crippen LogP contribution in [0.3, 0.4) is 0 Å². The fourth-order valence-electron chi connectivity index (χ4n) is 4.02. The molecule has 11 nitrogen and oxygen atoms in total. The lowest BCUT2D eigenvalue weighted by Gasteiger charge is -2.10. The number of carbonyl (C=O) groups excluding carboxylic acids is 1. The second-order valence-corrected chi connectivity index (χ2v) is 8.45. The second-order valence-electron chi connectivity index (χ2n) is 8.45. The molecule has 0 saturated carbocycles. The van der Waals surface area contributed by atoms with E-state index in [1.165, 1.54) is 24.4 Å². The van der Waals surface area contributed by atoms with Gasteiger partial charge in [0.15, 0.2) is 5.65 Å². The number of non-ortho nitro benzene ring substituents is 1. The Morgan fingerprint density at radius 2 is 1.97 bits per heavy atom. The maximum atomic E-state index is 13.2. The number of anilines is 1. The molecule has 0 bridgehead atoms. The maximum absolute atomic E-state index is 13.2. The van der Waals surface area contributed by atoms with Crippen LogP contribution >= 0.6 is 0 Å². The molecule has 37 heavy (non-hydrogen) atoms. The molecule has 1 N–H and O–H groups in total. The summed E-state index contributed by atoms with van der Waals surface area (Å²) in [4.78, 5) is 28.6. The van der Waals surface area contributed by atoms with Crippen molar-refractivity contribution < 1.29 is 14.5 Å². The van der Waals surface area contributed by atoms with Crippen LogP contribution in [-0.4, -0.2) is 35.2 Å². The van der Waals surface area contributed by atoms with Crippen LogP contribution in [0.4, 0.5) is 11.4 Å². The number of hydrogen-bond acceptors (Lipinski definition) is 7. The Morgan fingerprint density at radius 1 is 1.14 bits per heavy atom. The van der Waals surface area contributed by atoms with Crippen molar-refractivity contribution in [2.75, 3.05) is 5.32 Å². The Kier molecular flexibility index (Phi) is 6.10. The van der Waals surface area contributed by atoms with Gasteiger partial charge in [0.2, 0.25) is 0 Å². The first-order chi connectivity index (χ1) is 17.8. The zero-order valence-electron chi connectivity index (χ0n) is 20.4. The molecular weight excluding hydrogens is 474 g/mol. The molecule has 0 spiro atoms. The van der Waals surface area contributed by atoms with Gasteiger partial charge in [0, 0.05) is 36.6 Å². The first-order valence-electron chi connectivity index (χ1n) is 11.5. The molecule has 0 saturated heterocycles. The number of fused-ring (bicyclic) bond motifs is 1. The molecule has 1 amide bonds. The van der Waals surface area contributed by atoms with Gasteiger partial charge in [-0.2, -0.15) is 10.2 Å². The summed E-state index contributed by atoms with van der Waals surface area (Å²) in [5.41, 5.74) is 3.98. The van der Waals surface area contributed by atoms with E-state index >= 15 is 0 Å². The molecule has 2 aromatic carbocycles. The SMILES string of the molecule is CCn1cc(-c2ccnc3c(C(=O)Nc4cc(Oc5cccc(C)c5)cc([N+](=O)[O-])c4)cnn23)c(C)n1. The molecule has 0 aliphatic heterocycles. The molecule has 186 valence electrons. The predicted octanol–water partition coefficient (Wildman–Crippen LogP) is 5.18. The van der Waals surface area contributed by atoms with E-state index in [9.17, 15) is 14.9 Å². The van der Waals surface area contributed by atoms with Gasteiger partial charge in [-0.1, -0.05) is 12.1 Å². The van der Waals surface area contributed by atoms with Crippen molar-refractivity contribution in [3.63, 3.8) is 0 Å². The highest BCUT2D eigenvalue weighted by atomic mass is 16.6. The van der Waals surface area contributed by atoms with Gasteiger partial charge in [0.05, 0.1) is 34.3 Å². The summed E-state index contributed by atoms with van der Waals surface area (Å²) >= 11 is 0. The Bertz CT molecular complexity index is 1650. The minimum atomic E-state index is -0.541. The maximum Gasteiger partial charge on any atom is 0.275 e. The Hall–Kier alpha value is -5.06. The number of aryl methyl sites for hydroxylation is 3. The van der Waals surface area contributed by atoms with E-state index in [0.29, 0.717) is 11.4 Å². The van der Waals surface area contributed by atoms with E-state index in [-0.39, 0.29) is 22.7 Å². The van der Waals surface area contributed by atoms with Crippen LogP contribution in [0.25, 0.3) is 16.9 Å². The number of hydrogen-bond donors (Lipinski definition) is 1. The van der Waals surface area contributed by atoms with Crippen molar-refractivity contribution in [1.82, 2.24) is 24.4 Å². The van der Waals surface area contributed by atoms with Crippen molar-refractivity contribution in [3.8, 4) is 22.8 Å². The lowest BCUT2D eigenvalue weighted by Crippen LogP contribution is -2.12. The third-order valence-electron chi connectivity index (χ3n) is 5.78. The highest BCUT2D eigenvalue weighted by molar-refractivity contribution is 6.08. The number of aromatic nitrogens is 5. The third-order valence-corrected chi connectivity index (χ3v) is 5.78. The number of amides is 1. The van der Waals surface area contributed by atoms with E-state index in [0.717, 1.165) is 29.1 Å². The second kappa shape index (κ2) is 9.53. The molecule has 5 aromatic rings. The molecule has 0 aliphatic carbocycles. The normalized spacial score (nSPS) is 11.0. The van der Waals surface area contributed by atoms with E-state index in [4.69, 9.17) is 4.74 Å². The van der Waals surface area contributed by atoms with Crippen LogP contribution in [0.5, 0.6) is 11.5 Å². The molecular formula is C26H23N7O4. The molecule has 3 aromatic heterocycles. The van der Waals surface area contributed by atoms with E-state index in [1.54, 1.807) is 22.8 Å². The van der Waals surface area contributed by atoms with Gasteiger partial charge in [-0.3, -0.25) is 19.6 Å². The molecule has 0 aliphatic rings. The summed E-state index contributed by atoms with van der Waals surface area (Å²) in [7, 11) is 0. The number of nitro benzene ring substituents is 1. The molecule has 0 unspecified atom stereocenters. The van der Waals surface area contributed by atoms with Gasteiger partial charge in [0.25, 0.3) is 11.6 Å². The van der Waals surface area contributed by atoms with E-state index < -0.39 is 10.8 Å². The fourth-order valence-corrected chi connectivity index (χ4v) is 4.02. The molecule has 3 heterocycles. The van der Waals surface area contributed by atoms with Crippen LogP contribution in [0.2, 0.25) is 0 Å². The van der Waals surface area contributed by atoms with Crippen LogP contribution < -0.4 is 10.1 Å². The predicted molar refractivity (Wildman–Crippen MR) is 137 cm³/mol. The number of carbonyl (C=O) groups is 1. The number of benzene rings is 2. The van der Waals surface area contributed by atoms with Crippen LogP contribution in [0, 0.1) is 24.0 Å². The Morgan fingerprint density at radius 3 is 2.70 bits per heavy atom. The van der Waals surface area contributed by atoms with Crippen molar-refractivity contribution >= 4 is 22.9 Å². The smallest absolute Gasteiger partial charge is 0.275 e. The minimum absolute atomic E-state index is 0.206. The van der Waals surface area contributed by atoms with Crippen molar-refractivity contribution in [2.45, 2.75) is 27.3 Å². The van der Waals surface area contributed by atoms with Crippen LogP contribution in [-0.2, 0) is 6.54 Å². The monoisotopic (exact) mass is 497 g/mol. The third kappa shape index (κ3) is 4.74. The number of nitrogens with zero attached hydrogens (tertiary/aromatic N) is 6. The minimum Gasteiger partial charge on any atom is -0.457 e. The molecule has 5 rings (SSSR count). The molecule has 0 fully saturated rings. The van der Waals surface area contributed by atoms with Gasteiger partial charge in [0.1, 0.15) is 17.1 Å². The zero-order chi connectivity index (χ0) is 26.1. The standard InChI is InChI=1S/C26H23N7O4/c1-4-31-15-23(17(3)30-31)24-8-9-27-25-22(14-28-32(24)25)26(34)29-18-11-19(33(35)36)13-21(12-18)37-20-7-5-6-16(2)10-20/h5-15H,4H2,1-3H3,(H,29,34). The average molecular weight is 498 g/mol. The van der Waals surface area contributed by atoms with Crippen molar-refractivity contribution in [1.29, 1.82) is 0 Å². The van der Waals surface area contributed by atoms with Crippen molar-refractivity contribution in [3.05, 3.63) is 94.1 Å². The van der Waals surface area contributed by atoms with E-state index in [1.807, 2.05) is 49.8 Å². The van der Waals surface area contributed by atoms with Gasteiger partial charge in [-0.05, 0) is 44.5 Å². The lowest BCUT2D eigenvalue weighted by atomic mass is 10.2. The first kappa shape index (κ1) is 23.7. The summed E-state index contributed by atoms with van der Waals surface area (Å²) in [6.45, 7) is 6.54. The quantitative estimate of drug-likeness (QED) is 0.242. The summed E-state index contributed by atoms with van der Waals surface area (Å²) in [6.07, 6.45) is 4.94. The zero-order valence-corrected chi connectivity index (χ0v) is 20.4. The van der Waals surface area contributed by atoms with Gasteiger partial charge in [-0.15, -0.1) is 0 Å². The summed E-state index contributed by atoms with van der Waals surface area (Å²) < 4.78 is 9.24. The Labute approximate surface area is 211 Å². The van der Waals surface area contributed by atoms with Gasteiger partial charge >= 0.3 is 0 Å². The number of ether oxygens (including phenoxy) is 1.